The van der Waals surface area contributed by atoms with Crippen LogP contribution >= 0.6 is 0 Å². The van der Waals surface area contributed by atoms with E-state index in [1.165, 1.54) is 11.1 Å². The lowest BCUT2D eigenvalue weighted by molar-refractivity contribution is 0.0717. The first-order chi connectivity index (χ1) is 15.1. The number of benzene rings is 3. The Hall–Kier alpha value is -3.66. The molecular formula is C27H27N3O. The summed E-state index contributed by atoms with van der Waals surface area (Å²) in [6, 6.07) is 30.8. The van der Waals surface area contributed by atoms with Crippen molar-refractivity contribution in [2.45, 2.75) is 33.5 Å². The van der Waals surface area contributed by atoms with Crippen molar-refractivity contribution in [2.24, 2.45) is 0 Å². The Morgan fingerprint density at radius 2 is 1.35 bits per heavy atom. The van der Waals surface area contributed by atoms with Gasteiger partial charge in [0.05, 0.1) is 5.69 Å². The van der Waals surface area contributed by atoms with Crippen molar-refractivity contribution in [3.63, 3.8) is 0 Å². The molecule has 0 aliphatic rings. The number of nitrogens with zero attached hydrogens (tertiary/aromatic N) is 3. The van der Waals surface area contributed by atoms with Crippen molar-refractivity contribution in [3.05, 3.63) is 114 Å². The molecular weight excluding hydrogens is 382 g/mol. The topological polar surface area (TPSA) is 38.1 Å². The van der Waals surface area contributed by atoms with E-state index in [9.17, 15) is 4.79 Å². The Labute approximate surface area is 183 Å². The van der Waals surface area contributed by atoms with E-state index >= 15 is 0 Å². The average Bonchev–Trinajstić information content (AvgIpc) is 3.20. The molecule has 4 nitrogen and oxygen atoms in total. The van der Waals surface area contributed by atoms with Gasteiger partial charge >= 0.3 is 0 Å². The van der Waals surface area contributed by atoms with E-state index in [4.69, 9.17) is 0 Å². The van der Waals surface area contributed by atoms with E-state index in [2.05, 4.69) is 53.6 Å². The molecule has 0 atom stereocenters. The van der Waals surface area contributed by atoms with Crippen molar-refractivity contribution >= 4 is 5.91 Å². The van der Waals surface area contributed by atoms with Crippen LogP contribution in [-0.4, -0.2) is 20.6 Å². The Kier molecular flexibility index (Phi) is 6.27. The second-order valence-corrected chi connectivity index (χ2v) is 7.70. The maximum atomic E-state index is 13.5. The van der Waals surface area contributed by atoms with Crippen LogP contribution in [0.4, 0.5) is 0 Å². The second kappa shape index (κ2) is 9.43. The van der Waals surface area contributed by atoms with E-state index in [-0.39, 0.29) is 5.91 Å². The van der Waals surface area contributed by atoms with Gasteiger partial charge in [0.15, 0.2) is 0 Å². The summed E-state index contributed by atoms with van der Waals surface area (Å²) in [7, 11) is 0. The molecule has 31 heavy (non-hydrogen) atoms. The second-order valence-electron chi connectivity index (χ2n) is 7.70. The quantitative estimate of drug-likeness (QED) is 0.391. The first-order valence-corrected chi connectivity index (χ1v) is 10.7. The highest BCUT2D eigenvalue weighted by Crippen LogP contribution is 2.21. The fourth-order valence-electron chi connectivity index (χ4n) is 3.78. The predicted octanol–water partition coefficient (Wildman–Crippen LogP) is 5.72. The molecule has 156 valence electrons. The third-order valence-electron chi connectivity index (χ3n) is 5.36. The molecule has 4 aromatic rings. The molecule has 4 rings (SSSR count). The summed E-state index contributed by atoms with van der Waals surface area (Å²) in [6.45, 7) is 5.69. The van der Waals surface area contributed by atoms with Gasteiger partial charge in [0.25, 0.3) is 5.91 Å². The number of aryl methyl sites for hydroxylation is 2. The normalized spacial score (nSPS) is 10.8. The molecule has 0 aliphatic carbocycles. The van der Waals surface area contributed by atoms with Crippen LogP contribution in [-0.2, 0) is 19.6 Å². The van der Waals surface area contributed by atoms with Gasteiger partial charge in [-0.25, -0.2) is 0 Å². The van der Waals surface area contributed by atoms with Gasteiger partial charge in [0.2, 0.25) is 0 Å². The highest BCUT2D eigenvalue weighted by Gasteiger charge is 2.21. The van der Waals surface area contributed by atoms with Crippen molar-refractivity contribution < 1.29 is 4.79 Å². The molecule has 1 amide bonds. The highest BCUT2D eigenvalue weighted by molar-refractivity contribution is 5.92. The SMILES string of the molecule is CCn1nc(C)cc1C(=O)N(Cc1ccccc1)Cc1ccc(-c2ccccc2)cc1. The summed E-state index contributed by atoms with van der Waals surface area (Å²) in [4.78, 5) is 15.4. The molecule has 0 N–H and O–H groups in total. The van der Waals surface area contributed by atoms with Gasteiger partial charge in [-0.1, -0.05) is 84.9 Å². The number of hydrogen-bond donors (Lipinski definition) is 0. The first kappa shape index (κ1) is 20.6. The lowest BCUT2D eigenvalue weighted by atomic mass is 10.0. The van der Waals surface area contributed by atoms with Gasteiger partial charge in [0.1, 0.15) is 5.69 Å². The fraction of sp³-hybridized carbons (Fsp3) is 0.185. The van der Waals surface area contributed by atoms with E-state index in [1.54, 1.807) is 4.68 Å². The number of rotatable bonds is 7. The van der Waals surface area contributed by atoms with Crippen molar-refractivity contribution in [1.82, 2.24) is 14.7 Å². The average molecular weight is 410 g/mol. The molecule has 0 radical (unpaired) electrons. The Balaban J connectivity index is 1.60. The van der Waals surface area contributed by atoms with Gasteiger partial charge in [-0.2, -0.15) is 5.10 Å². The minimum atomic E-state index is -0.00145. The van der Waals surface area contributed by atoms with Gasteiger partial charge < -0.3 is 4.90 Å². The molecule has 4 heteroatoms. The zero-order valence-corrected chi connectivity index (χ0v) is 18.0. The summed E-state index contributed by atoms with van der Waals surface area (Å²) in [5, 5.41) is 4.46. The minimum Gasteiger partial charge on any atom is -0.329 e. The lowest BCUT2D eigenvalue weighted by Crippen LogP contribution is -2.31. The van der Waals surface area contributed by atoms with Crippen LogP contribution in [0.15, 0.2) is 91.0 Å². The van der Waals surface area contributed by atoms with Crippen LogP contribution in [0.1, 0.15) is 34.2 Å². The molecule has 0 bridgehead atoms. The van der Waals surface area contributed by atoms with Crippen LogP contribution in [0.2, 0.25) is 0 Å². The summed E-state index contributed by atoms with van der Waals surface area (Å²) in [6.07, 6.45) is 0. The Morgan fingerprint density at radius 1 is 0.806 bits per heavy atom. The predicted molar refractivity (Wildman–Crippen MR) is 125 cm³/mol. The fourth-order valence-corrected chi connectivity index (χ4v) is 3.78. The first-order valence-electron chi connectivity index (χ1n) is 10.7. The molecule has 0 aliphatic heterocycles. The molecule has 0 saturated heterocycles. The van der Waals surface area contributed by atoms with Crippen molar-refractivity contribution in [2.75, 3.05) is 0 Å². The smallest absolute Gasteiger partial charge is 0.272 e. The van der Waals surface area contributed by atoms with E-state index in [0.717, 1.165) is 16.8 Å². The lowest BCUT2D eigenvalue weighted by Gasteiger charge is -2.23. The summed E-state index contributed by atoms with van der Waals surface area (Å²) in [5.41, 5.74) is 6.06. The molecule has 0 fully saturated rings. The van der Waals surface area contributed by atoms with E-state index < -0.39 is 0 Å². The van der Waals surface area contributed by atoms with Crippen LogP contribution in [0, 0.1) is 6.92 Å². The van der Waals surface area contributed by atoms with E-state index in [1.807, 2.05) is 61.2 Å². The summed E-state index contributed by atoms with van der Waals surface area (Å²) >= 11 is 0. The van der Waals surface area contributed by atoms with Gasteiger partial charge in [0, 0.05) is 19.6 Å². The van der Waals surface area contributed by atoms with Crippen molar-refractivity contribution in [1.29, 1.82) is 0 Å². The third-order valence-corrected chi connectivity index (χ3v) is 5.36. The summed E-state index contributed by atoms with van der Waals surface area (Å²) < 4.78 is 1.79. The standard InChI is InChI=1S/C27H27N3O/c1-3-30-26(18-21(2)28-30)27(31)29(19-22-10-6-4-7-11-22)20-23-14-16-25(17-15-23)24-12-8-5-9-13-24/h4-18H,3,19-20H2,1-2H3. The summed E-state index contributed by atoms with van der Waals surface area (Å²) in [5.74, 6) is -0.00145. The third kappa shape index (κ3) is 4.92. The maximum absolute atomic E-state index is 13.5. The Morgan fingerprint density at radius 3 is 1.97 bits per heavy atom. The van der Waals surface area contributed by atoms with Gasteiger partial charge in [-0.15, -0.1) is 0 Å². The molecule has 1 heterocycles. The van der Waals surface area contributed by atoms with E-state index in [0.29, 0.717) is 25.3 Å². The number of aromatic nitrogens is 2. The molecule has 1 aromatic heterocycles. The van der Waals surface area contributed by atoms with Crippen LogP contribution in [0.5, 0.6) is 0 Å². The maximum Gasteiger partial charge on any atom is 0.272 e. The number of carbonyl (C=O) groups is 1. The number of hydrogen-bond acceptors (Lipinski definition) is 2. The zero-order chi connectivity index (χ0) is 21.6. The zero-order valence-electron chi connectivity index (χ0n) is 18.0. The Bertz CT molecular complexity index is 1130. The minimum absolute atomic E-state index is 0.00145. The van der Waals surface area contributed by atoms with Gasteiger partial charge in [-0.05, 0) is 42.2 Å². The molecule has 0 spiro atoms. The monoisotopic (exact) mass is 409 g/mol. The van der Waals surface area contributed by atoms with Crippen LogP contribution < -0.4 is 0 Å². The van der Waals surface area contributed by atoms with Crippen molar-refractivity contribution in [3.8, 4) is 11.1 Å². The largest absolute Gasteiger partial charge is 0.329 e. The number of amides is 1. The highest BCUT2D eigenvalue weighted by atomic mass is 16.2. The molecule has 3 aromatic carbocycles. The van der Waals surface area contributed by atoms with Crippen LogP contribution in [0.3, 0.4) is 0 Å². The molecule has 0 saturated carbocycles. The van der Waals surface area contributed by atoms with Gasteiger partial charge in [-0.3, -0.25) is 9.48 Å². The number of carbonyl (C=O) groups excluding carboxylic acids is 1. The molecule has 0 unspecified atom stereocenters. The van der Waals surface area contributed by atoms with Crippen LogP contribution in [0.25, 0.3) is 11.1 Å².